The third-order valence-electron chi connectivity index (χ3n) is 1.13. The Morgan fingerprint density at radius 1 is 1.33 bits per heavy atom. The summed E-state index contributed by atoms with van der Waals surface area (Å²) in [5, 5.41) is 1.92. The first-order valence-corrected chi connectivity index (χ1v) is 3.39. The second kappa shape index (κ2) is 1.45. The van der Waals surface area contributed by atoms with E-state index in [0.29, 0.717) is 0 Å². The Kier molecular flexibility index (Phi) is 1.09. The van der Waals surface area contributed by atoms with E-state index in [1.54, 1.807) is 0 Å². The van der Waals surface area contributed by atoms with E-state index < -0.39 is 0 Å². The van der Waals surface area contributed by atoms with Crippen LogP contribution in [-0.4, -0.2) is 10.5 Å². The molecular weight excluding hydrogens is 92.1 g/mol. The number of rotatable bonds is 0. The Hall–Kier alpha value is 0.350. The van der Waals surface area contributed by atoms with Crippen molar-refractivity contribution in [2.24, 2.45) is 0 Å². The average molecular weight is 102 g/mol. The van der Waals surface area contributed by atoms with E-state index in [4.69, 9.17) is 0 Å². The minimum Gasteiger partial charge on any atom is -0.156 e. The van der Waals surface area contributed by atoms with Crippen molar-refractivity contribution in [3.05, 3.63) is 0 Å². The maximum absolute atomic E-state index is 2.28. The fraction of sp³-hybridized carbons (Fsp3) is 1.00. The van der Waals surface area contributed by atoms with Gasteiger partial charge >= 0.3 is 0 Å². The van der Waals surface area contributed by atoms with Crippen LogP contribution >= 0.6 is 11.8 Å². The van der Waals surface area contributed by atoms with Crippen LogP contribution < -0.4 is 0 Å². The zero-order chi connectivity index (χ0) is 4.57. The first kappa shape index (κ1) is 4.51. The van der Waals surface area contributed by atoms with Crippen LogP contribution in [0.2, 0.25) is 0 Å². The molecule has 1 heterocycles. The molecule has 1 aliphatic rings. The Bertz CT molecular complexity index is 39.9. The molecule has 0 saturated carbocycles. The van der Waals surface area contributed by atoms with Crippen LogP contribution in [-0.2, 0) is 0 Å². The van der Waals surface area contributed by atoms with Gasteiger partial charge in [0.15, 0.2) is 0 Å². The molecule has 1 fully saturated rings. The summed E-state index contributed by atoms with van der Waals surface area (Å²) < 4.78 is 0. The lowest BCUT2D eigenvalue weighted by atomic mass is 10.2. The molecule has 0 aromatic rings. The highest BCUT2D eigenvalue weighted by Crippen LogP contribution is 2.34. The van der Waals surface area contributed by atoms with Crippen molar-refractivity contribution in [2.45, 2.75) is 30.8 Å². The Morgan fingerprint density at radius 2 is 1.67 bits per heavy atom. The SMILES string of the molecule is C[C@H]1C[C@H](C)S1. The summed E-state index contributed by atoms with van der Waals surface area (Å²) in [5.74, 6) is 0. The van der Waals surface area contributed by atoms with Gasteiger partial charge in [-0.3, -0.25) is 0 Å². The van der Waals surface area contributed by atoms with Crippen LogP contribution in [0.3, 0.4) is 0 Å². The second-order valence-electron chi connectivity index (χ2n) is 1.99. The van der Waals surface area contributed by atoms with E-state index >= 15 is 0 Å². The molecular formula is C5H10S. The number of hydrogen-bond donors (Lipinski definition) is 0. The van der Waals surface area contributed by atoms with Crippen molar-refractivity contribution in [1.29, 1.82) is 0 Å². The van der Waals surface area contributed by atoms with Gasteiger partial charge in [-0.25, -0.2) is 0 Å². The monoisotopic (exact) mass is 102 g/mol. The molecule has 1 aliphatic heterocycles. The van der Waals surface area contributed by atoms with Crippen LogP contribution in [0.4, 0.5) is 0 Å². The summed E-state index contributed by atoms with van der Waals surface area (Å²) in [4.78, 5) is 0. The van der Waals surface area contributed by atoms with E-state index in [1.165, 1.54) is 6.42 Å². The summed E-state index contributed by atoms with van der Waals surface area (Å²) in [6.45, 7) is 4.56. The van der Waals surface area contributed by atoms with Gasteiger partial charge in [-0.1, -0.05) is 13.8 Å². The summed E-state index contributed by atoms with van der Waals surface area (Å²) in [5.41, 5.74) is 0. The molecule has 0 aliphatic carbocycles. The van der Waals surface area contributed by atoms with E-state index in [-0.39, 0.29) is 0 Å². The van der Waals surface area contributed by atoms with Gasteiger partial charge in [-0.05, 0) is 6.42 Å². The molecule has 0 amide bonds. The molecule has 1 heteroatoms. The van der Waals surface area contributed by atoms with Crippen LogP contribution in [0, 0.1) is 0 Å². The molecule has 0 bridgehead atoms. The van der Waals surface area contributed by atoms with Crippen molar-refractivity contribution in [3.63, 3.8) is 0 Å². The van der Waals surface area contributed by atoms with Gasteiger partial charge in [0.2, 0.25) is 0 Å². The van der Waals surface area contributed by atoms with E-state index in [9.17, 15) is 0 Å². The van der Waals surface area contributed by atoms with Crippen LogP contribution in [0.25, 0.3) is 0 Å². The number of thioether (sulfide) groups is 1. The lowest BCUT2D eigenvalue weighted by Gasteiger charge is -2.28. The van der Waals surface area contributed by atoms with Gasteiger partial charge in [0.25, 0.3) is 0 Å². The Labute approximate surface area is 43.3 Å². The third kappa shape index (κ3) is 0.700. The van der Waals surface area contributed by atoms with Crippen molar-refractivity contribution < 1.29 is 0 Å². The van der Waals surface area contributed by atoms with Crippen molar-refractivity contribution in [3.8, 4) is 0 Å². The Balaban J connectivity index is 2.11. The van der Waals surface area contributed by atoms with Gasteiger partial charge in [0.1, 0.15) is 0 Å². The topological polar surface area (TPSA) is 0 Å². The highest BCUT2D eigenvalue weighted by Gasteiger charge is 2.20. The predicted octanol–water partition coefficient (Wildman–Crippen LogP) is 1.90. The summed E-state index contributed by atoms with van der Waals surface area (Å²) in [6, 6.07) is 0. The highest BCUT2D eigenvalue weighted by atomic mass is 32.2. The molecule has 0 spiro atoms. The van der Waals surface area contributed by atoms with Crippen LogP contribution in [0.5, 0.6) is 0 Å². The fourth-order valence-electron chi connectivity index (χ4n) is 0.853. The molecule has 0 N–H and O–H groups in total. The molecule has 36 valence electrons. The standard InChI is InChI=1S/C5H10S/c1-4-3-5(2)6-4/h4-5H,3H2,1-2H3/t4-,5-/m0/s1. The molecule has 0 nitrogen and oxygen atoms in total. The highest BCUT2D eigenvalue weighted by molar-refractivity contribution is 8.01. The summed E-state index contributed by atoms with van der Waals surface area (Å²) >= 11 is 2.08. The fourth-order valence-corrected chi connectivity index (χ4v) is 2.09. The normalized spacial score (nSPS) is 45.0. The molecule has 0 aromatic carbocycles. The van der Waals surface area contributed by atoms with Gasteiger partial charge in [0, 0.05) is 10.5 Å². The van der Waals surface area contributed by atoms with Gasteiger partial charge < -0.3 is 0 Å². The minimum atomic E-state index is 0.958. The zero-order valence-corrected chi connectivity index (χ0v) is 5.09. The van der Waals surface area contributed by atoms with E-state index in [1.807, 2.05) is 0 Å². The molecule has 0 aromatic heterocycles. The van der Waals surface area contributed by atoms with E-state index in [2.05, 4.69) is 25.6 Å². The number of hydrogen-bond acceptors (Lipinski definition) is 1. The van der Waals surface area contributed by atoms with Crippen molar-refractivity contribution in [1.82, 2.24) is 0 Å². The summed E-state index contributed by atoms with van der Waals surface area (Å²) in [7, 11) is 0. The van der Waals surface area contributed by atoms with Gasteiger partial charge in [-0.15, -0.1) is 0 Å². The lowest BCUT2D eigenvalue weighted by Crippen LogP contribution is -2.19. The quantitative estimate of drug-likeness (QED) is 0.450. The first-order chi connectivity index (χ1) is 2.79. The van der Waals surface area contributed by atoms with Crippen molar-refractivity contribution in [2.75, 3.05) is 0 Å². The van der Waals surface area contributed by atoms with Crippen molar-refractivity contribution >= 4 is 11.8 Å². The van der Waals surface area contributed by atoms with Gasteiger partial charge in [-0.2, -0.15) is 11.8 Å². The molecule has 0 radical (unpaired) electrons. The predicted molar refractivity (Wildman–Crippen MR) is 31.1 cm³/mol. The maximum atomic E-state index is 2.28. The maximum Gasteiger partial charge on any atom is 0.00318 e. The second-order valence-corrected chi connectivity index (χ2v) is 3.87. The molecule has 2 atom stereocenters. The summed E-state index contributed by atoms with van der Waals surface area (Å²) in [6.07, 6.45) is 1.44. The van der Waals surface area contributed by atoms with Crippen LogP contribution in [0.15, 0.2) is 0 Å². The first-order valence-electron chi connectivity index (χ1n) is 2.44. The molecule has 0 unspecified atom stereocenters. The van der Waals surface area contributed by atoms with Gasteiger partial charge in [0.05, 0.1) is 0 Å². The largest absolute Gasteiger partial charge is 0.156 e. The Morgan fingerprint density at radius 3 is 1.67 bits per heavy atom. The molecule has 6 heavy (non-hydrogen) atoms. The zero-order valence-electron chi connectivity index (χ0n) is 4.27. The minimum absolute atomic E-state index is 0.958. The molecule has 1 rings (SSSR count). The smallest absolute Gasteiger partial charge is 0.00318 e. The van der Waals surface area contributed by atoms with E-state index in [0.717, 1.165) is 10.5 Å². The van der Waals surface area contributed by atoms with Crippen LogP contribution in [0.1, 0.15) is 20.3 Å². The average Bonchev–Trinajstić information content (AvgIpc) is 1.33. The molecule has 1 saturated heterocycles. The lowest BCUT2D eigenvalue weighted by molar-refractivity contribution is 0.740. The third-order valence-corrected chi connectivity index (χ3v) is 2.44.